The van der Waals surface area contributed by atoms with Crippen molar-refractivity contribution in [1.82, 2.24) is 4.90 Å². The van der Waals surface area contributed by atoms with E-state index in [2.05, 4.69) is 22.0 Å². The van der Waals surface area contributed by atoms with Gasteiger partial charge in [0.2, 0.25) is 0 Å². The Hall–Kier alpha value is -1.79. The third kappa shape index (κ3) is 5.34. The molecule has 0 fully saturated rings. The number of ketones is 1. The molecule has 0 aromatic heterocycles. The molecule has 3 rings (SSSR count). The zero-order valence-electron chi connectivity index (χ0n) is 14.0. The van der Waals surface area contributed by atoms with E-state index in [9.17, 15) is 4.79 Å². The van der Waals surface area contributed by atoms with E-state index in [1.807, 2.05) is 42.5 Å². The molecule has 6 heteroatoms. The highest BCUT2D eigenvalue weighted by atomic mass is 79.9. The van der Waals surface area contributed by atoms with E-state index in [4.69, 9.17) is 4.74 Å². The van der Waals surface area contributed by atoms with Crippen LogP contribution in [0.4, 0.5) is 0 Å². The third-order valence-electron chi connectivity index (χ3n) is 3.80. The minimum atomic E-state index is 0. The van der Waals surface area contributed by atoms with E-state index in [1.165, 1.54) is 5.56 Å². The van der Waals surface area contributed by atoms with E-state index in [-0.39, 0.29) is 22.8 Å². The smallest absolute Gasteiger partial charge is 0.182 e. The van der Waals surface area contributed by atoms with Gasteiger partial charge in [0.25, 0.3) is 0 Å². The minimum Gasteiger partial charge on any atom is -1.00 e. The molecule has 0 aliphatic carbocycles. The average molecular weight is 420 g/mol. The summed E-state index contributed by atoms with van der Waals surface area (Å²) in [5.74, 6) is 1.82. The number of hydrogen-bond donors (Lipinski definition) is 0. The van der Waals surface area contributed by atoms with Gasteiger partial charge in [0.05, 0.1) is 20.2 Å². The molecule has 2 aromatic rings. The zero-order chi connectivity index (χ0) is 16.8. The van der Waals surface area contributed by atoms with E-state index >= 15 is 0 Å². The first-order chi connectivity index (χ1) is 11.8. The molecule has 0 unspecified atom stereocenters. The molecule has 25 heavy (non-hydrogen) atoms. The summed E-state index contributed by atoms with van der Waals surface area (Å²) < 4.78 is 5.15. The fourth-order valence-corrected chi connectivity index (χ4v) is 3.41. The predicted molar refractivity (Wildman–Crippen MR) is 98.9 cm³/mol. The van der Waals surface area contributed by atoms with Crippen molar-refractivity contribution in [2.75, 3.05) is 26.0 Å². The summed E-state index contributed by atoms with van der Waals surface area (Å²) in [6.45, 7) is 1.84. The molecule has 1 aliphatic heterocycles. The molecule has 0 spiro atoms. The Balaban J connectivity index is 0.00000225. The monoisotopic (exact) mass is 419 g/mol. The van der Waals surface area contributed by atoms with Crippen LogP contribution in [0.2, 0.25) is 0 Å². The fraction of sp³-hybridized carbons (Fsp3) is 0.263. The lowest BCUT2D eigenvalue weighted by atomic mass is 10.1. The molecular formula is C19H20BrN2O2S-. The fourth-order valence-electron chi connectivity index (χ4n) is 2.55. The maximum Gasteiger partial charge on any atom is 0.182 e. The molecule has 4 nitrogen and oxygen atoms in total. The lowest BCUT2D eigenvalue weighted by molar-refractivity contribution is -0.0000130. The maximum absolute atomic E-state index is 12.7. The first kappa shape index (κ1) is 19.5. The molecule has 132 valence electrons. The number of Topliss-reactive ketones (excluding diaryl/α,β-unsaturated/α-hetero) is 1. The van der Waals surface area contributed by atoms with E-state index in [0.29, 0.717) is 18.7 Å². The Morgan fingerprint density at radius 1 is 1.16 bits per heavy atom. The highest BCUT2D eigenvalue weighted by Crippen LogP contribution is 2.19. The SMILES string of the molecule is COc1ccc(C(=O)CN(Cc2ccccc2)C2=NCCS2)cc1.[Br-]. The molecule has 0 radical (unpaired) electrons. The summed E-state index contributed by atoms with van der Waals surface area (Å²) in [4.78, 5) is 19.3. The molecule has 2 aromatic carbocycles. The van der Waals surface area contributed by atoms with E-state index < -0.39 is 0 Å². The standard InChI is InChI=1S/C19H20N2O2S.BrH/c1-23-17-9-7-16(8-10-17)18(22)14-21(19-20-11-12-24-19)13-15-5-3-2-4-6-15;/h2-10H,11-14H2,1H3;1H/p-1. The van der Waals surface area contributed by atoms with Crippen LogP contribution in [0.5, 0.6) is 5.75 Å². The van der Waals surface area contributed by atoms with Crippen molar-refractivity contribution in [3.05, 3.63) is 65.7 Å². The van der Waals surface area contributed by atoms with Crippen LogP contribution < -0.4 is 21.7 Å². The number of thioether (sulfide) groups is 1. The van der Waals surface area contributed by atoms with Gasteiger partial charge >= 0.3 is 0 Å². The highest BCUT2D eigenvalue weighted by Gasteiger charge is 2.20. The average Bonchev–Trinajstić information content (AvgIpc) is 3.17. The lowest BCUT2D eigenvalue weighted by Crippen LogP contribution is -3.00. The number of hydrogen-bond acceptors (Lipinski definition) is 5. The lowest BCUT2D eigenvalue weighted by Gasteiger charge is -2.23. The summed E-state index contributed by atoms with van der Waals surface area (Å²) in [6.07, 6.45) is 0. The Morgan fingerprint density at radius 3 is 2.48 bits per heavy atom. The quantitative estimate of drug-likeness (QED) is 0.638. The van der Waals surface area contributed by atoms with Crippen LogP contribution in [0.25, 0.3) is 0 Å². The number of nitrogens with zero attached hydrogens (tertiary/aromatic N) is 2. The van der Waals surface area contributed by atoms with Crippen LogP contribution in [0, 0.1) is 0 Å². The minimum absolute atomic E-state index is 0. The summed E-state index contributed by atoms with van der Waals surface area (Å²) in [5.41, 5.74) is 1.87. The molecule has 0 saturated heterocycles. The number of benzene rings is 2. The number of carbonyl (C=O) groups excluding carboxylic acids is 1. The van der Waals surface area contributed by atoms with E-state index in [0.717, 1.165) is 23.2 Å². The Labute approximate surface area is 163 Å². The molecule has 1 heterocycles. The normalized spacial score (nSPS) is 12.9. The van der Waals surface area contributed by atoms with Crippen LogP contribution in [0.1, 0.15) is 15.9 Å². The number of aliphatic imine (C=N–C) groups is 1. The van der Waals surface area contributed by atoms with Crippen molar-refractivity contribution in [1.29, 1.82) is 0 Å². The number of carbonyl (C=O) groups is 1. The second-order valence-electron chi connectivity index (χ2n) is 5.51. The number of halogens is 1. The predicted octanol–water partition coefficient (Wildman–Crippen LogP) is 0.487. The van der Waals surface area contributed by atoms with Crippen LogP contribution in [0.3, 0.4) is 0 Å². The van der Waals surface area contributed by atoms with Gasteiger partial charge in [0.15, 0.2) is 11.0 Å². The van der Waals surface area contributed by atoms with Crippen LogP contribution >= 0.6 is 11.8 Å². The molecular weight excluding hydrogens is 400 g/mol. The number of amidine groups is 1. The highest BCUT2D eigenvalue weighted by molar-refractivity contribution is 8.14. The van der Waals surface area contributed by atoms with Gasteiger partial charge in [-0.25, -0.2) is 0 Å². The van der Waals surface area contributed by atoms with Crippen molar-refractivity contribution in [2.24, 2.45) is 4.99 Å². The summed E-state index contributed by atoms with van der Waals surface area (Å²) in [5, 5.41) is 0.959. The topological polar surface area (TPSA) is 41.9 Å². The second-order valence-corrected chi connectivity index (χ2v) is 6.57. The number of methoxy groups -OCH3 is 1. The van der Waals surface area contributed by atoms with Gasteiger partial charge in [-0.1, -0.05) is 42.1 Å². The van der Waals surface area contributed by atoms with Gasteiger partial charge in [-0.05, 0) is 29.8 Å². The van der Waals surface area contributed by atoms with Crippen molar-refractivity contribution >= 4 is 22.7 Å². The molecule has 1 aliphatic rings. The Morgan fingerprint density at radius 2 is 1.88 bits per heavy atom. The van der Waals surface area contributed by atoms with Gasteiger partial charge in [-0.2, -0.15) is 0 Å². The maximum atomic E-state index is 12.7. The zero-order valence-corrected chi connectivity index (χ0v) is 16.4. The number of ether oxygens (including phenoxy) is 1. The summed E-state index contributed by atoms with van der Waals surface area (Å²) in [7, 11) is 1.62. The van der Waals surface area contributed by atoms with Crippen molar-refractivity contribution < 1.29 is 26.5 Å². The number of rotatable bonds is 6. The summed E-state index contributed by atoms with van der Waals surface area (Å²) >= 11 is 1.72. The van der Waals surface area contributed by atoms with Gasteiger partial charge in [-0.15, -0.1) is 0 Å². The summed E-state index contributed by atoms with van der Waals surface area (Å²) in [6, 6.07) is 17.4. The molecule has 0 bridgehead atoms. The Bertz CT molecular complexity index is 720. The van der Waals surface area contributed by atoms with Gasteiger partial charge in [-0.3, -0.25) is 9.79 Å². The van der Waals surface area contributed by atoms with Crippen LogP contribution in [-0.4, -0.2) is 41.8 Å². The largest absolute Gasteiger partial charge is 1.00 e. The first-order valence-electron chi connectivity index (χ1n) is 7.89. The third-order valence-corrected chi connectivity index (χ3v) is 4.83. The van der Waals surface area contributed by atoms with Crippen molar-refractivity contribution in [3.8, 4) is 5.75 Å². The molecule has 0 amide bonds. The van der Waals surface area contributed by atoms with Crippen LogP contribution in [-0.2, 0) is 6.54 Å². The van der Waals surface area contributed by atoms with Crippen molar-refractivity contribution in [2.45, 2.75) is 6.54 Å². The second kappa shape index (κ2) is 9.63. The van der Waals surface area contributed by atoms with Gasteiger partial charge in [0.1, 0.15) is 5.75 Å². The van der Waals surface area contributed by atoms with E-state index in [1.54, 1.807) is 18.9 Å². The van der Waals surface area contributed by atoms with Gasteiger partial charge < -0.3 is 26.6 Å². The first-order valence-corrected chi connectivity index (χ1v) is 8.88. The molecule has 0 atom stereocenters. The molecule has 0 saturated carbocycles. The van der Waals surface area contributed by atoms with Crippen molar-refractivity contribution in [3.63, 3.8) is 0 Å². The van der Waals surface area contributed by atoms with Gasteiger partial charge in [0, 0.05) is 17.9 Å². The molecule has 0 N–H and O–H groups in total. The Kier molecular flexibility index (Phi) is 7.52. The van der Waals surface area contributed by atoms with Crippen LogP contribution in [0.15, 0.2) is 59.6 Å².